The number of piperazine rings is 1. The molecule has 0 saturated carbocycles. The highest BCUT2D eigenvalue weighted by atomic mass is 32.1. The standard InChI is InChI=1S/C23H25FN4O2S2/c1-16(31)25-14-19-15-28(23(29)30-19)18-7-8-21(20(24)13-18)26-9-11-27(12-10-26)22(32)17-5-3-2-4-6-17/h2-8,13,19H,9-12,14-15H2,1H3,(H,25,31). The van der Waals surface area contributed by atoms with E-state index in [0.717, 1.165) is 23.6 Å². The van der Waals surface area contributed by atoms with Crippen molar-refractivity contribution < 1.29 is 13.9 Å². The number of carbonyl (C=O) groups excluding carboxylic acids is 1. The smallest absolute Gasteiger partial charge is 0.414 e. The molecule has 32 heavy (non-hydrogen) atoms. The van der Waals surface area contributed by atoms with Gasteiger partial charge in [-0.25, -0.2) is 9.18 Å². The predicted octanol–water partition coefficient (Wildman–Crippen LogP) is 3.59. The number of carbonyl (C=O) groups is 1. The fourth-order valence-electron chi connectivity index (χ4n) is 3.93. The molecule has 168 valence electrons. The van der Waals surface area contributed by atoms with Crippen LogP contribution in [0.4, 0.5) is 20.6 Å². The fraction of sp³-hybridized carbons (Fsp3) is 0.348. The summed E-state index contributed by atoms with van der Waals surface area (Å²) in [4.78, 5) is 19.3. The Hall–Kier alpha value is -2.78. The molecule has 4 rings (SSSR count). The molecule has 0 spiro atoms. The molecule has 0 bridgehead atoms. The van der Waals surface area contributed by atoms with E-state index < -0.39 is 6.09 Å². The summed E-state index contributed by atoms with van der Waals surface area (Å²) in [6.45, 7) is 5.34. The number of thiocarbonyl (C=S) groups is 2. The van der Waals surface area contributed by atoms with Gasteiger partial charge in [0.15, 0.2) is 0 Å². The van der Waals surface area contributed by atoms with Crippen molar-refractivity contribution in [3.8, 4) is 0 Å². The monoisotopic (exact) mass is 472 g/mol. The summed E-state index contributed by atoms with van der Waals surface area (Å²) in [5.74, 6) is -0.356. The topological polar surface area (TPSA) is 48.0 Å². The van der Waals surface area contributed by atoms with Crippen LogP contribution in [0, 0.1) is 5.82 Å². The van der Waals surface area contributed by atoms with Gasteiger partial charge in [0.2, 0.25) is 0 Å². The van der Waals surface area contributed by atoms with E-state index in [1.165, 1.54) is 11.0 Å². The van der Waals surface area contributed by atoms with E-state index in [-0.39, 0.29) is 11.9 Å². The second-order valence-corrected chi connectivity index (χ2v) is 8.83. The number of amides is 1. The molecule has 1 N–H and O–H groups in total. The van der Waals surface area contributed by atoms with Gasteiger partial charge in [-0.1, -0.05) is 54.8 Å². The Morgan fingerprint density at radius 1 is 1.12 bits per heavy atom. The highest BCUT2D eigenvalue weighted by molar-refractivity contribution is 7.80. The Morgan fingerprint density at radius 3 is 2.50 bits per heavy atom. The van der Waals surface area contributed by atoms with Crippen molar-refractivity contribution in [1.82, 2.24) is 10.2 Å². The van der Waals surface area contributed by atoms with Gasteiger partial charge in [0.05, 0.1) is 29.5 Å². The molecule has 6 nitrogen and oxygen atoms in total. The molecule has 0 aromatic heterocycles. The van der Waals surface area contributed by atoms with Gasteiger partial charge >= 0.3 is 6.09 Å². The summed E-state index contributed by atoms with van der Waals surface area (Å²) in [6, 6.07) is 14.8. The zero-order chi connectivity index (χ0) is 22.7. The molecule has 2 aliphatic rings. The number of hydrogen-bond donors (Lipinski definition) is 1. The maximum Gasteiger partial charge on any atom is 0.414 e. The summed E-state index contributed by atoms with van der Waals surface area (Å²) in [7, 11) is 0. The van der Waals surface area contributed by atoms with Crippen LogP contribution in [-0.4, -0.2) is 66.3 Å². The number of rotatable bonds is 5. The van der Waals surface area contributed by atoms with Crippen LogP contribution in [0.2, 0.25) is 0 Å². The van der Waals surface area contributed by atoms with E-state index >= 15 is 0 Å². The van der Waals surface area contributed by atoms with Gasteiger partial charge in [0, 0.05) is 31.7 Å². The lowest BCUT2D eigenvalue weighted by atomic mass is 10.1. The minimum atomic E-state index is -0.478. The SMILES string of the molecule is CC(=S)NCC1CN(c2ccc(N3CCN(C(=S)c4ccccc4)CC3)c(F)c2)C(=O)O1. The third-order valence-corrected chi connectivity index (χ3v) is 6.26. The number of cyclic esters (lactones) is 1. The van der Waals surface area contributed by atoms with E-state index in [1.54, 1.807) is 19.1 Å². The molecule has 0 aliphatic carbocycles. The number of anilines is 2. The van der Waals surface area contributed by atoms with Crippen LogP contribution in [0.15, 0.2) is 48.5 Å². The normalized spacial score (nSPS) is 18.5. The Labute approximate surface area is 197 Å². The van der Waals surface area contributed by atoms with Gasteiger partial charge in [-0.05, 0) is 25.1 Å². The van der Waals surface area contributed by atoms with Crippen LogP contribution in [0.3, 0.4) is 0 Å². The van der Waals surface area contributed by atoms with Gasteiger partial charge < -0.3 is 19.9 Å². The van der Waals surface area contributed by atoms with Crippen LogP contribution in [-0.2, 0) is 4.74 Å². The van der Waals surface area contributed by atoms with Crippen molar-refractivity contribution in [2.24, 2.45) is 0 Å². The number of halogens is 1. The highest BCUT2D eigenvalue weighted by Gasteiger charge is 2.33. The lowest BCUT2D eigenvalue weighted by Gasteiger charge is -2.37. The molecule has 2 fully saturated rings. The van der Waals surface area contributed by atoms with Crippen molar-refractivity contribution in [2.75, 3.05) is 49.1 Å². The minimum absolute atomic E-state index is 0.329. The lowest BCUT2D eigenvalue weighted by Crippen LogP contribution is -2.48. The molecule has 2 aromatic carbocycles. The number of ether oxygens (including phenoxy) is 1. The quantitative estimate of drug-likeness (QED) is 0.668. The first-order valence-electron chi connectivity index (χ1n) is 10.5. The van der Waals surface area contributed by atoms with Gasteiger partial charge in [0.25, 0.3) is 0 Å². The van der Waals surface area contributed by atoms with Crippen molar-refractivity contribution in [2.45, 2.75) is 13.0 Å². The fourth-order valence-corrected chi connectivity index (χ4v) is 4.33. The second kappa shape index (κ2) is 9.79. The Balaban J connectivity index is 1.37. The van der Waals surface area contributed by atoms with Crippen LogP contribution < -0.4 is 15.1 Å². The molecule has 1 unspecified atom stereocenters. The van der Waals surface area contributed by atoms with Gasteiger partial charge in [-0.15, -0.1) is 0 Å². The molecule has 2 aromatic rings. The third kappa shape index (κ3) is 4.99. The van der Waals surface area contributed by atoms with E-state index in [1.807, 2.05) is 35.2 Å². The Bertz CT molecular complexity index is 1010. The van der Waals surface area contributed by atoms with Crippen LogP contribution in [0.5, 0.6) is 0 Å². The Morgan fingerprint density at radius 2 is 1.84 bits per heavy atom. The summed E-state index contributed by atoms with van der Waals surface area (Å²) < 4.78 is 20.3. The zero-order valence-corrected chi connectivity index (χ0v) is 19.4. The molecule has 2 saturated heterocycles. The number of nitrogens with one attached hydrogen (secondary N) is 1. The largest absolute Gasteiger partial charge is 0.442 e. The number of hydrogen-bond acceptors (Lipinski definition) is 5. The first-order valence-corrected chi connectivity index (χ1v) is 11.4. The predicted molar refractivity (Wildman–Crippen MR) is 132 cm³/mol. The molecule has 9 heteroatoms. The van der Waals surface area contributed by atoms with E-state index in [0.29, 0.717) is 42.5 Å². The maximum atomic E-state index is 15.0. The van der Waals surface area contributed by atoms with Gasteiger partial charge in [-0.2, -0.15) is 0 Å². The van der Waals surface area contributed by atoms with Crippen molar-refractivity contribution in [3.05, 3.63) is 59.9 Å². The van der Waals surface area contributed by atoms with E-state index in [2.05, 4.69) is 10.2 Å². The van der Waals surface area contributed by atoms with E-state index in [4.69, 9.17) is 29.2 Å². The summed E-state index contributed by atoms with van der Waals surface area (Å²) in [5.41, 5.74) is 2.04. The number of nitrogens with zero attached hydrogens (tertiary/aromatic N) is 3. The number of benzene rings is 2. The van der Waals surface area contributed by atoms with Gasteiger partial charge in [-0.3, -0.25) is 4.90 Å². The van der Waals surface area contributed by atoms with Crippen molar-refractivity contribution >= 4 is 51.9 Å². The third-order valence-electron chi connectivity index (χ3n) is 5.62. The van der Waals surface area contributed by atoms with Crippen LogP contribution >= 0.6 is 24.4 Å². The summed E-state index contributed by atoms with van der Waals surface area (Å²) >= 11 is 10.6. The molecular weight excluding hydrogens is 447 g/mol. The first-order chi connectivity index (χ1) is 15.4. The van der Waals surface area contributed by atoms with Crippen molar-refractivity contribution in [1.29, 1.82) is 0 Å². The Kier molecular flexibility index (Phi) is 6.86. The van der Waals surface area contributed by atoms with Crippen LogP contribution in [0.25, 0.3) is 0 Å². The zero-order valence-electron chi connectivity index (χ0n) is 17.8. The maximum absolute atomic E-state index is 15.0. The van der Waals surface area contributed by atoms with Crippen molar-refractivity contribution in [3.63, 3.8) is 0 Å². The minimum Gasteiger partial charge on any atom is -0.442 e. The molecular formula is C23H25FN4O2S2. The average Bonchev–Trinajstić information content (AvgIpc) is 3.18. The molecule has 0 radical (unpaired) electrons. The first kappa shape index (κ1) is 22.4. The summed E-state index contributed by atoms with van der Waals surface area (Å²) in [6.07, 6.45) is -0.807. The lowest BCUT2D eigenvalue weighted by molar-refractivity contribution is 0.143. The van der Waals surface area contributed by atoms with Crippen LogP contribution in [0.1, 0.15) is 12.5 Å². The highest BCUT2D eigenvalue weighted by Crippen LogP contribution is 2.28. The molecule has 2 aliphatic heterocycles. The van der Waals surface area contributed by atoms with E-state index in [9.17, 15) is 9.18 Å². The molecule has 1 amide bonds. The second-order valence-electron chi connectivity index (χ2n) is 7.83. The summed E-state index contributed by atoms with van der Waals surface area (Å²) in [5, 5.41) is 3.00. The molecule has 1 atom stereocenters. The van der Waals surface area contributed by atoms with Gasteiger partial charge in [0.1, 0.15) is 16.9 Å². The average molecular weight is 473 g/mol. The molecule has 2 heterocycles.